The zero-order chi connectivity index (χ0) is 17.1. The summed E-state index contributed by atoms with van der Waals surface area (Å²) in [5.41, 5.74) is 1.91. The third kappa shape index (κ3) is 3.14. The van der Waals surface area contributed by atoms with Crippen LogP contribution in [0.5, 0.6) is 0 Å². The van der Waals surface area contributed by atoms with E-state index in [0.29, 0.717) is 17.0 Å². The SMILES string of the molecule is C=C(C)c1[nH]cnc1/C=c1\[nH]c(=O)/c(=C/c2cccnc2)[nH]c1=O. The molecule has 0 aliphatic carbocycles. The van der Waals surface area contributed by atoms with Gasteiger partial charge in [0.05, 0.1) is 17.7 Å². The van der Waals surface area contributed by atoms with Crippen molar-refractivity contribution >= 4 is 17.7 Å². The van der Waals surface area contributed by atoms with E-state index in [1.54, 1.807) is 30.6 Å². The van der Waals surface area contributed by atoms with Crippen LogP contribution in [0.2, 0.25) is 0 Å². The highest BCUT2D eigenvalue weighted by molar-refractivity contribution is 5.66. The lowest BCUT2D eigenvalue weighted by atomic mass is 10.2. The molecule has 0 aromatic carbocycles. The molecule has 0 atom stereocenters. The van der Waals surface area contributed by atoms with Crippen molar-refractivity contribution in [3.05, 3.63) is 85.8 Å². The third-order valence-corrected chi connectivity index (χ3v) is 3.36. The Morgan fingerprint density at radius 1 is 1.17 bits per heavy atom. The number of hydrogen-bond acceptors (Lipinski definition) is 4. The molecule has 0 radical (unpaired) electrons. The monoisotopic (exact) mass is 321 g/mol. The minimum Gasteiger partial charge on any atom is -0.344 e. The van der Waals surface area contributed by atoms with Gasteiger partial charge in [-0.15, -0.1) is 0 Å². The topological polar surface area (TPSA) is 107 Å². The molecular weight excluding hydrogens is 306 g/mol. The minimum atomic E-state index is -0.416. The lowest BCUT2D eigenvalue weighted by molar-refractivity contribution is 1.00. The van der Waals surface area contributed by atoms with Crippen LogP contribution in [-0.2, 0) is 0 Å². The summed E-state index contributed by atoms with van der Waals surface area (Å²) in [5.74, 6) is 0. The van der Waals surface area contributed by atoms with Gasteiger partial charge in [0.2, 0.25) is 0 Å². The molecule has 24 heavy (non-hydrogen) atoms. The number of aromatic nitrogens is 5. The van der Waals surface area contributed by atoms with Crippen molar-refractivity contribution in [2.24, 2.45) is 0 Å². The summed E-state index contributed by atoms with van der Waals surface area (Å²) >= 11 is 0. The molecule has 0 aliphatic rings. The van der Waals surface area contributed by atoms with Crippen molar-refractivity contribution in [1.29, 1.82) is 0 Å². The number of hydrogen-bond donors (Lipinski definition) is 3. The minimum absolute atomic E-state index is 0.123. The lowest BCUT2D eigenvalue weighted by Crippen LogP contribution is -2.46. The summed E-state index contributed by atoms with van der Waals surface area (Å²) in [6.45, 7) is 5.66. The zero-order valence-electron chi connectivity index (χ0n) is 13.0. The van der Waals surface area contributed by atoms with Crippen molar-refractivity contribution < 1.29 is 0 Å². The van der Waals surface area contributed by atoms with Crippen LogP contribution in [0.1, 0.15) is 23.9 Å². The Morgan fingerprint density at radius 2 is 1.88 bits per heavy atom. The molecule has 0 amide bonds. The Bertz CT molecular complexity index is 1120. The van der Waals surface area contributed by atoms with Gasteiger partial charge in [-0.25, -0.2) is 4.98 Å². The molecule has 3 rings (SSSR count). The second-order valence-electron chi connectivity index (χ2n) is 5.25. The van der Waals surface area contributed by atoms with E-state index < -0.39 is 11.1 Å². The van der Waals surface area contributed by atoms with Crippen LogP contribution in [0, 0.1) is 0 Å². The smallest absolute Gasteiger partial charge is 0.272 e. The summed E-state index contributed by atoms with van der Waals surface area (Å²) in [4.78, 5) is 40.6. The first kappa shape index (κ1) is 15.4. The number of pyridine rings is 1. The summed E-state index contributed by atoms with van der Waals surface area (Å²) in [7, 11) is 0. The van der Waals surface area contributed by atoms with Gasteiger partial charge in [0, 0.05) is 12.4 Å². The molecular formula is C17H15N5O2. The average Bonchev–Trinajstić information content (AvgIpc) is 3.01. The number of imidazole rings is 1. The Morgan fingerprint density at radius 3 is 2.50 bits per heavy atom. The Balaban J connectivity index is 2.15. The van der Waals surface area contributed by atoms with Crippen LogP contribution in [-0.4, -0.2) is 24.9 Å². The third-order valence-electron chi connectivity index (χ3n) is 3.36. The fourth-order valence-corrected chi connectivity index (χ4v) is 2.22. The number of H-pyrrole nitrogens is 3. The first-order valence-electron chi connectivity index (χ1n) is 7.20. The van der Waals surface area contributed by atoms with Crippen molar-refractivity contribution in [3.63, 3.8) is 0 Å². The highest BCUT2D eigenvalue weighted by atomic mass is 16.1. The summed E-state index contributed by atoms with van der Waals surface area (Å²) in [5, 5.41) is 0.283. The maximum absolute atomic E-state index is 12.2. The highest BCUT2D eigenvalue weighted by Gasteiger charge is 2.04. The van der Waals surface area contributed by atoms with Gasteiger partial charge in [-0.05, 0) is 36.3 Å². The second-order valence-corrected chi connectivity index (χ2v) is 5.25. The van der Waals surface area contributed by atoms with Crippen molar-refractivity contribution in [2.45, 2.75) is 6.92 Å². The molecule has 7 heteroatoms. The number of nitrogens with one attached hydrogen (secondary N) is 3. The van der Waals surface area contributed by atoms with E-state index in [4.69, 9.17) is 0 Å². The van der Waals surface area contributed by atoms with E-state index in [-0.39, 0.29) is 10.7 Å². The van der Waals surface area contributed by atoms with Gasteiger partial charge < -0.3 is 15.0 Å². The van der Waals surface area contributed by atoms with Crippen LogP contribution in [0.4, 0.5) is 0 Å². The quantitative estimate of drug-likeness (QED) is 0.624. The first-order chi connectivity index (χ1) is 11.5. The van der Waals surface area contributed by atoms with Gasteiger partial charge in [0.1, 0.15) is 10.7 Å². The molecule has 0 saturated carbocycles. The van der Waals surface area contributed by atoms with Crippen molar-refractivity contribution in [3.8, 4) is 0 Å². The molecule has 0 fully saturated rings. The maximum Gasteiger partial charge on any atom is 0.272 e. The molecule has 0 saturated heterocycles. The summed E-state index contributed by atoms with van der Waals surface area (Å²) < 4.78 is 0. The van der Waals surface area contributed by atoms with Crippen LogP contribution >= 0.6 is 0 Å². The van der Waals surface area contributed by atoms with Gasteiger partial charge >= 0.3 is 0 Å². The van der Waals surface area contributed by atoms with Crippen LogP contribution < -0.4 is 21.8 Å². The number of nitrogens with zero attached hydrogens (tertiary/aromatic N) is 2. The van der Waals surface area contributed by atoms with Crippen LogP contribution in [0.3, 0.4) is 0 Å². The molecule has 3 aromatic heterocycles. The fraction of sp³-hybridized carbons (Fsp3) is 0.0588. The van der Waals surface area contributed by atoms with E-state index in [1.165, 1.54) is 12.4 Å². The Labute approximate surface area is 136 Å². The molecule has 0 spiro atoms. The predicted octanol–water partition coefficient (Wildman–Crippen LogP) is -0.128. The molecule has 3 aromatic rings. The van der Waals surface area contributed by atoms with Crippen LogP contribution in [0.15, 0.2) is 47.0 Å². The molecule has 3 heterocycles. The van der Waals surface area contributed by atoms with E-state index in [9.17, 15) is 9.59 Å². The maximum atomic E-state index is 12.2. The number of aromatic amines is 3. The van der Waals surface area contributed by atoms with E-state index >= 15 is 0 Å². The zero-order valence-corrected chi connectivity index (χ0v) is 13.0. The predicted molar refractivity (Wildman–Crippen MR) is 91.6 cm³/mol. The Kier molecular flexibility index (Phi) is 4.07. The molecule has 120 valence electrons. The molecule has 7 nitrogen and oxygen atoms in total. The van der Waals surface area contributed by atoms with Gasteiger partial charge in [-0.3, -0.25) is 14.6 Å². The highest BCUT2D eigenvalue weighted by Crippen LogP contribution is 2.12. The number of allylic oxidation sites excluding steroid dienone is 1. The standard InChI is InChI=1S/C17H15N5O2/c1-10(2)15-12(19-9-20-15)7-14-17(24)21-13(16(23)22-14)6-11-4-3-5-18-8-11/h3-9H,1H2,2H3,(H,19,20)(H,21,24)(H,22,23)/b13-6-,14-7-. The van der Waals surface area contributed by atoms with E-state index in [1.807, 2.05) is 6.92 Å². The first-order valence-corrected chi connectivity index (χ1v) is 7.20. The van der Waals surface area contributed by atoms with Gasteiger partial charge in [0.15, 0.2) is 0 Å². The summed E-state index contributed by atoms with van der Waals surface area (Å²) in [6, 6.07) is 3.53. The average molecular weight is 321 g/mol. The summed E-state index contributed by atoms with van der Waals surface area (Å²) in [6.07, 6.45) is 7.80. The fourth-order valence-electron chi connectivity index (χ4n) is 2.22. The van der Waals surface area contributed by atoms with Crippen molar-refractivity contribution in [1.82, 2.24) is 24.9 Å². The molecule has 3 N–H and O–H groups in total. The second kappa shape index (κ2) is 6.33. The molecule has 0 bridgehead atoms. The van der Waals surface area contributed by atoms with Gasteiger partial charge in [-0.2, -0.15) is 0 Å². The van der Waals surface area contributed by atoms with E-state index in [0.717, 1.165) is 5.57 Å². The molecule has 0 aliphatic heterocycles. The number of rotatable bonds is 3. The molecule has 0 unspecified atom stereocenters. The van der Waals surface area contributed by atoms with Gasteiger partial charge in [0.25, 0.3) is 11.1 Å². The largest absolute Gasteiger partial charge is 0.344 e. The van der Waals surface area contributed by atoms with Gasteiger partial charge in [-0.1, -0.05) is 12.6 Å². The van der Waals surface area contributed by atoms with Crippen LogP contribution in [0.25, 0.3) is 17.7 Å². The van der Waals surface area contributed by atoms with E-state index in [2.05, 4.69) is 31.5 Å². The lowest BCUT2D eigenvalue weighted by Gasteiger charge is -1.96. The van der Waals surface area contributed by atoms with Crippen molar-refractivity contribution in [2.75, 3.05) is 0 Å². The Hall–Kier alpha value is -3.48. The normalized spacial score (nSPS) is 12.5.